The summed E-state index contributed by atoms with van der Waals surface area (Å²) in [4.78, 5) is 14.8. The quantitative estimate of drug-likeness (QED) is 0.932. The van der Waals surface area contributed by atoms with Gasteiger partial charge < -0.3 is 10.6 Å². The summed E-state index contributed by atoms with van der Waals surface area (Å²) < 4.78 is 0. The minimum Gasteiger partial charge on any atom is -0.338 e. The summed E-state index contributed by atoms with van der Waals surface area (Å²) in [6.45, 7) is 7.72. The number of carbonyl (C=O) groups excluding carboxylic acids is 1. The highest BCUT2D eigenvalue weighted by molar-refractivity contribution is 5.85. The molecule has 0 bridgehead atoms. The van der Waals surface area contributed by atoms with Gasteiger partial charge in [0.25, 0.3) is 0 Å². The van der Waals surface area contributed by atoms with Crippen LogP contribution < -0.4 is 5.73 Å². The lowest BCUT2D eigenvalue weighted by Crippen LogP contribution is -2.50. The number of rotatable bonds is 3. The number of nitrogens with two attached hydrogens (primary N) is 1. The molecular formula is C17H27ClN2O. The molecule has 21 heavy (non-hydrogen) atoms. The van der Waals surface area contributed by atoms with Crippen LogP contribution in [0.5, 0.6) is 0 Å². The lowest BCUT2D eigenvalue weighted by atomic mass is 9.90. The molecule has 0 spiro atoms. The number of halogens is 1. The molecule has 1 amide bonds. The zero-order valence-electron chi connectivity index (χ0n) is 13.2. The Bertz CT molecular complexity index is 478. The van der Waals surface area contributed by atoms with Gasteiger partial charge in [-0.2, -0.15) is 0 Å². The van der Waals surface area contributed by atoms with E-state index in [0.717, 1.165) is 24.9 Å². The lowest BCUT2D eigenvalue weighted by Gasteiger charge is -2.39. The van der Waals surface area contributed by atoms with Gasteiger partial charge in [0.1, 0.15) is 0 Å². The van der Waals surface area contributed by atoms with E-state index in [1.165, 1.54) is 5.56 Å². The first-order valence-electron chi connectivity index (χ1n) is 7.60. The van der Waals surface area contributed by atoms with E-state index in [0.29, 0.717) is 12.5 Å². The first-order valence-corrected chi connectivity index (χ1v) is 7.60. The van der Waals surface area contributed by atoms with Crippen LogP contribution in [0.3, 0.4) is 0 Å². The van der Waals surface area contributed by atoms with Crippen molar-refractivity contribution in [2.24, 2.45) is 11.7 Å². The molecule has 1 aliphatic rings. The van der Waals surface area contributed by atoms with Crippen molar-refractivity contribution in [3.05, 3.63) is 35.4 Å². The molecular weight excluding hydrogens is 284 g/mol. The molecule has 1 aromatic carbocycles. The van der Waals surface area contributed by atoms with Crippen LogP contribution in [0.1, 0.15) is 43.7 Å². The second-order valence-corrected chi connectivity index (χ2v) is 6.19. The molecule has 0 saturated carbocycles. The van der Waals surface area contributed by atoms with E-state index in [2.05, 4.69) is 26.0 Å². The molecule has 4 heteroatoms. The Morgan fingerprint density at radius 2 is 2.19 bits per heavy atom. The fourth-order valence-corrected chi connectivity index (χ4v) is 3.10. The zero-order valence-corrected chi connectivity index (χ0v) is 14.0. The number of aryl methyl sites for hydroxylation is 1. The van der Waals surface area contributed by atoms with E-state index >= 15 is 0 Å². The Morgan fingerprint density at radius 1 is 1.48 bits per heavy atom. The van der Waals surface area contributed by atoms with Crippen LogP contribution in [0.15, 0.2) is 24.3 Å². The summed E-state index contributed by atoms with van der Waals surface area (Å²) in [5.74, 6) is 0.803. The van der Waals surface area contributed by atoms with E-state index in [1.54, 1.807) is 0 Å². The number of carbonyl (C=O) groups is 1. The fraction of sp³-hybridized carbons (Fsp3) is 0.588. The van der Waals surface area contributed by atoms with E-state index < -0.39 is 0 Å². The van der Waals surface area contributed by atoms with Crippen LogP contribution in [-0.4, -0.2) is 29.9 Å². The summed E-state index contributed by atoms with van der Waals surface area (Å²) in [7, 11) is 0. The first kappa shape index (κ1) is 18.0. The minimum absolute atomic E-state index is 0. The topological polar surface area (TPSA) is 46.3 Å². The number of hydrogen-bond acceptors (Lipinski definition) is 2. The molecule has 3 atom stereocenters. The van der Waals surface area contributed by atoms with Gasteiger partial charge in [-0.05, 0) is 38.2 Å². The van der Waals surface area contributed by atoms with Crippen LogP contribution in [-0.2, 0) is 4.79 Å². The molecule has 1 fully saturated rings. The molecule has 0 aromatic heterocycles. The maximum Gasteiger partial charge on any atom is 0.230 e. The third kappa shape index (κ3) is 4.21. The molecule has 1 saturated heterocycles. The number of piperidine rings is 1. The molecule has 1 aromatic rings. The molecule has 0 radical (unpaired) electrons. The van der Waals surface area contributed by atoms with Crippen molar-refractivity contribution in [1.82, 2.24) is 4.90 Å². The Balaban J connectivity index is 0.00000220. The number of likely N-dealkylation sites (tertiary alicyclic amines) is 1. The van der Waals surface area contributed by atoms with Gasteiger partial charge in [-0.15, -0.1) is 12.4 Å². The van der Waals surface area contributed by atoms with Crippen molar-refractivity contribution in [1.29, 1.82) is 0 Å². The molecule has 2 N–H and O–H groups in total. The molecule has 0 aliphatic carbocycles. The molecule has 3 unspecified atom stereocenters. The summed E-state index contributed by atoms with van der Waals surface area (Å²) in [5.41, 5.74) is 8.16. The normalized spacial score (nSPS) is 23.3. The van der Waals surface area contributed by atoms with Gasteiger partial charge in [-0.3, -0.25) is 4.79 Å². The fourth-order valence-electron chi connectivity index (χ4n) is 3.10. The van der Waals surface area contributed by atoms with Crippen molar-refractivity contribution in [3.8, 4) is 0 Å². The Hall–Kier alpha value is -1.06. The Morgan fingerprint density at radius 3 is 2.81 bits per heavy atom. The van der Waals surface area contributed by atoms with Gasteiger partial charge in [-0.25, -0.2) is 0 Å². The highest BCUT2D eigenvalue weighted by Crippen LogP contribution is 2.26. The van der Waals surface area contributed by atoms with E-state index in [4.69, 9.17) is 5.73 Å². The summed E-state index contributed by atoms with van der Waals surface area (Å²) in [6, 6.07) is 8.43. The predicted molar refractivity (Wildman–Crippen MR) is 89.8 cm³/mol. The number of hydrogen-bond donors (Lipinski definition) is 1. The van der Waals surface area contributed by atoms with Crippen molar-refractivity contribution in [3.63, 3.8) is 0 Å². The van der Waals surface area contributed by atoms with Crippen LogP contribution in [0.4, 0.5) is 0 Å². The van der Waals surface area contributed by atoms with Gasteiger partial charge in [0.2, 0.25) is 5.91 Å². The average Bonchev–Trinajstić information content (AvgIpc) is 2.45. The SMILES string of the molecule is Cc1cccc(C(C)C(=O)N2CCC(C)CC2CN)c1.Cl. The molecule has 1 heterocycles. The highest BCUT2D eigenvalue weighted by atomic mass is 35.5. The highest BCUT2D eigenvalue weighted by Gasteiger charge is 2.31. The second-order valence-electron chi connectivity index (χ2n) is 6.19. The van der Waals surface area contributed by atoms with Gasteiger partial charge in [0.05, 0.1) is 5.92 Å². The van der Waals surface area contributed by atoms with Gasteiger partial charge in [-0.1, -0.05) is 36.8 Å². The second kappa shape index (κ2) is 7.81. The monoisotopic (exact) mass is 310 g/mol. The van der Waals surface area contributed by atoms with Crippen molar-refractivity contribution in [2.75, 3.05) is 13.1 Å². The van der Waals surface area contributed by atoms with Crippen LogP contribution in [0, 0.1) is 12.8 Å². The largest absolute Gasteiger partial charge is 0.338 e. The first-order chi connectivity index (χ1) is 9.52. The number of amides is 1. The predicted octanol–water partition coefficient (Wildman–Crippen LogP) is 3.11. The molecule has 3 nitrogen and oxygen atoms in total. The van der Waals surface area contributed by atoms with Crippen LogP contribution >= 0.6 is 12.4 Å². The van der Waals surface area contributed by atoms with Crippen LogP contribution in [0.2, 0.25) is 0 Å². The van der Waals surface area contributed by atoms with Gasteiger partial charge in [0.15, 0.2) is 0 Å². The van der Waals surface area contributed by atoms with Crippen LogP contribution in [0.25, 0.3) is 0 Å². The van der Waals surface area contributed by atoms with E-state index in [-0.39, 0.29) is 30.3 Å². The molecule has 2 rings (SSSR count). The summed E-state index contributed by atoms with van der Waals surface area (Å²) in [5, 5.41) is 0. The Labute approximate surface area is 134 Å². The van der Waals surface area contributed by atoms with Gasteiger partial charge in [0, 0.05) is 19.1 Å². The molecule has 118 valence electrons. The summed E-state index contributed by atoms with van der Waals surface area (Å²) >= 11 is 0. The third-order valence-electron chi connectivity index (χ3n) is 4.45. The van der Waals surface area contributed by atoms with E-state index in [9.17, 15) is 4.79 Å². The van der Waals surface area contributed by atoms with Gasteiger partial charge >= 0.3 is 0 Å². The minimum atomic E-state index is -0.0858. The smallest absolute Gasteiger partial charge is 0.230 e. The standard InChI is InChI=1S/C17H26N2O.ClH/c1-12-5-4-6-15(9-12)14(3)17(20)19-8-7-13(2)10-16(19)11-18;/h4-6,9,13-14,16H,7-8,10-11,18H2,1-3H3;1H. The zero-order chi connectivity index (χ0) is 14.7. The van der Waals surface area contributed by atoms with E-state index in [1.807, 2.05) is 24.0 Å². The summed E-state index contributed by atoms with van der Waals surface area (Å²) in [6.07, 6.45) is 2.12. The van der Waals surface area contributed by atoms with Crippen molar-refractivity contribution in [2.45, 2.75) is 45.6 Å². The molecule has 1 aliphatic heterocycles. The maximum atomic E-state index is 12.8. The van der Waals surface area contributed by atoms with Crippen molar-refractivity contribution >= 4 is 18.3 Å². The average molecular weight is 311 g/mol. The third-order valence-corrected chi connectivity index (χ3v) is 4.45. The van der Waals surface area contributed by atoms with Crippen molar-refractivity contribution < 1.29 is 4.79 Å². The maximum absolute atomic E-state index is 12.8. The Kier molecular flexibility index (Phi) is 6.69. The number of benzene rings is 1. The number of nitrogens with zero attached hydrogens (tertiary/aromatic N) is 1. The lowest BCUT2D eigenvalue weighted by molar-refractivity contribution is -0.136.